The molecular formula is C29H30N2O2S3. The highest BCUT2D eigenvalue weighted by atomic mass is 32.1. The van der Waals surface area contributed by atoms with Crippen LogP contribution in [0.25, 0.3) is 36.5 Å². The topological polar surface area (TPSA) is 54.5 Å². The standard InChI is InChI=1S/C29H30N2O2S3/c1-6-8-10-22-23(11-9-7-2)28(26-15-13-21(35-26)17-24(31-4)29(32)33-5)36-27(22)25-14-12-20(34-25)16-19(3)18-30/h12-17H,6-11H2,1-3,5H3/b19-16-,24-17-. The number of methoxy groups -OCH3 is 1. The van der Waals surface area contributed by atoms with Gasteiger partial charge in [0.1, 0.15) is 0 Å². The first-order valence-corrected chi connectivity index (χ1v) is 14.5. The van der Waals surface area contributed by atoms with Gasteiger partial charge in [-0.25, -0.2) is 4.85 Å². The number of hydrogen-bond donors (Lipinski definition) is 0. The molecule has 0 N–H and O–H groups in total. The Hall–Kier alpha value is -2.97. The van der Waals surface area contributed by atoms with Crippen molar-refractivity contribution in [2.45, 2.75) is 59.3 Å². The summed E-state index contributed by atoms with van der Waals surface area (Å²) in [6.07, 6.45) is 10.2. The summed E-state index contributed by atoms with van der Waals surface area (Å²) >= 11 is 5.18. The van der Waals surface area contributed by atoms with E-state index in [1.807, 2.05) is 30.4 Å². The van der Waals surface area contributed by atoms with Crippen LogP contribution in [0.15, 0.2) is 35.5 Å². The largest absolute Gasteiger partial charge is 0.474 e. The summed E-state index contributed by atoms with van der Waals surface area (Å²) in [4.78, 5) is 22.2. The van der Waals surface area contributed by atoms with Crippen molar-refractivity contribution in [2.75, 3.05) is 7.11 Å². The SMILES string of the molecule is [C-]#[N+]/C(=C\c1ccc(-c2sc(-c3ccc(/C=C(/C)C#N)s3)c(CCCC)c2CCCC)s1)C(=O)OC. The van der Waals surface area contributed by atoms with Crippen LogP contribution < -0.4 is 0 Å². The van der Waals surface area contributed by atoms with Crippen LogP contribution in [0.5, 0.6) is 0 Å². The summed E-state index contributed by atoms with van der Waals surface area (Å²) in [7, 11) is 1.29. The van der Waals surface area contributed by atoms with Gasteiger partial charge in [-0.15, -0.1) is 34.0 Å². The molecule has 0 unspecified atom stereocenters. The van der Waals surface area contributed by atoms with Gasteiger partial charge < -0.3 is 4.74 Å². The smallest absolute Gasteiger partial charge is 0.336 e. The van der Waals surface area contributed by atoms with E-state index in [1.165, 1.54) is 32.9 Å². The number of carbonyl (C=O) groups excluding carboxylic acids is 1. The normalized spacial score (nSPS) is 11.8. The molecule has 0 fully saturated rings. The van der Waals surface area contributed by atoms with Crippen LogP contribution in [-0.2, 0) is 22.4 Å². The number of carbonyl (C=O) groups is 1. The first-order valence-electron chi connectivity index (χ1n) is 12.1. The molecule has 186 valence electrons. The third-order valence-electron chi connectivity index (χ3n) is 5.71. The molecule has 0 bridgehead atoms. The molecule has 3 aromatic heterocycles. The fourth-order valence-corrected chi connectivity index (χ4v) is 7.49. The number of ether oxygens (including phenoxy) is 1. The second-order valence-corrected chi connectivity index (χ2v) is 11.7. The van der Waals surface area contributed by atoms with Crippen molar-refractivity contribution in [1.29, 1.82) is 5.26 Å². The minimum Gasteiger partial charge on any atom is -0.474 e. The Morgan fingerprint density at radius 3 is 1.94 bits per heavy atom. The molecular weight excluding hydrogens is 505 g/mol. The van der Waals surface area contributed by atoms with Gasteiger partial charge in [0, 0.05) is 34.8 Å². The molecule has 0 saturated heterocycles. The van der Waals surface area contributed by atoms with Crippen molar-refractivity contribution >= 4 is 52.1 Å². The Labute approximate surface area is 226 Å². The number of unbranched alkanes of at least 4 members (excludes halogenated alkanes) is 2. The minimum absolute atomic E-state index is 0.0144. The number of allylic oxidation sites excluding steroid dienone is 1. The second-order valence-electron chi connectivity index (χ2n) is 8.40. The minimum atomic E-state index is -0.613. The van der Waals surface area contributed by atoms with Crippen LogP contribution in [0.2, 0.25) is 0 Å². The van der Waals surface area contributed by atoms with Crippen molar-refractivity contribution < 1.29 is 9.53 Å². The number of nitrogens with zero attached hydrogens (tertiary/aromatic N) is 2. The molecule has 0 spiro atoms. The Morgan fingerprint density at radius 2 is 1.50 bits per heavy atom. The van der Waals surface area contributed by atoms with Crippen molar-refractivity contribution in [1.82, 2.24) is 0 Å². The predicted octanol–water partition coefficient (Wildman–Crippen LogP) is 9.25. The molecule has 0 saturated carbocycles. The van der Waals surface area contributed by atoms with E-state index in [2.05, 4.69) is 43.0 Å². The molecule has 0 aliphatic heterocycles. The Kier molecular flexibility index (Phi) is 10.3. The lowest BCUT2D eigenvalue weighted by molar-refractivity contribution is -0.135. The van der Waals surface area contributed by atoms with Gasteiger partial charge >= 0.3 is 5.97 Å². The van der Waals surface area contributed by atoms with E-state index in [9.17, 15) is 4.79 Å². The molecule has 0 amide bonds. The first kappa shape index (κ1) is 27.6. The van der Waals surface area contributed by atoms with Crippen molar-refractivity contribution in [3.63, 3.8) is 0 Å². The van der Waals surface area contributed by atoms with E-state index < -0.39 is 5.97 Å². The van der Waals surface area contributed by atoms with E-state index in [4.69, 9.17) is 16.6 Å². The van der Waals surface area contributed by atoms with Gasteiger partial charge in [0.2, 0.25) is 0 Å². The zero-order valence-corrected chi connectivity index (χ0v) is 23.6. The van der Waals surface area contributed by atoms with Crippen molar-refractivity contribution in [2.24, 2.45) is 0 Å². The summed E-state index contributed by atoms with van der Waals surface area (Å²) in [6.45, 7) is 13.6. The second kappa shape index (κ2) is 13.4. The first-order chi connectivity index (χ1) is 17.4. The van der Waals surface area contributed by atoms with Crippen LogP contribution in [0.4, 0.5) is 0 Å². The fourth-order valence-electron chi connectivity index (χ4n) is 3.86. The molecule has 3 aromatic rings. The van der Waals surface area contributed by atoms with E-state index in [1.54, 1.807) is 28.7 Å². The maximum atomic E-state index is 11.9. The van der Waals surface area contributed by atoms with Crippen LogP contribution in [0.3, 0.4) is 0 Å². The lowest BCUT2D eigenvalue weighted by Gasteiger charge is -2.08. The molecule has 3 rings (SSSR count). The summed E-state index contributed by atoms with van der Waals surface area (Å²) in [5.74, 6) is -0.613. The van der Waals surface area contributed by atoms with Crippen LogP contribution in [-0.4, -0.2) is 13.1 Å². The third-order valence-corrected chi connectivity index (χ3v) is 9.41. The van der Waals surface area contributed by atoms with Crippen LogP contribution in [0.1, 0.15) is 67.3 Å². The highest BCUT2D eigenvalue weighted by Gasteiger charge is 2.22. The summed E-state index contributed by atoms with van der Waals surface area (Å²) < 4.78 is 4.73. The Balaban J connectivity index is 2.12. The van der Waals surface area contributed by atoms with Gasteiger partial charge in [-0.3, -0.25) is 4.79 Å². The van der Waals surface area contributed by atoms with Crippen molar-refractivity contribution in [3.8, 4) is 25.6 Å². The Morgan fingerprint density at radius 1 is 0.972 bits per heavy atom. The molecule has 4 nitrogen and oxygen atoms in total. The summed E-state index contributed by atoms with van der Waals surface area (Å²) in [5.41, 5.74) is 3.57. The number of nitriles is 1. The van der Waals surface area contributed by atoms with Gasteiger partial charge in [-0.2, -0.15) is 5.26 Å². The van der Waals surface area contributed by atoms with Gasteiger partial charge in [-0.1, -0.05) is 26.7 Å². The summed E-state index contributed by atoms with van der Waals surface area (Å²) in [6, 6.07) is 10.6. The molecule has 0 aromatic carbocycles. The maximum absolute atomic E-state index is 11.9. The number of hydrogen-bond acceptors (Lipinski definition) is 6. The number of esters is 1. The summed E-state index contributed by atoms with van der Waals surface area (Å²) in [5, 5.41) is 9.17. The van der Waals surface area contributed by atoms with E-state index in [-0.39, 0.29) is 5.70 Å². The van der Waals surface area contributed by atoms with Gasteiger partial charge in [0.25, 0.3) is 5.70 Å². The Bertz CT molecular complexity index is 1360. The zero-order valence-electron chi connectivity index (χ0n) is 21.1. The van der Waals surface area contributed by atoms with Crippen LogP contribution in [0, 0.1) is 17.9 Å². The van der Waals surface area contributed by atoms with Gasteiger partial charge in [0.15, 0.2) is 0 Å². The third kappa shape index (κ3) is 6.62. The van der Waals surface area contributed by atoms with Gasteiger partial charge in [0.05, 0.1) is 19.8 Å². The fraction of sp³-hybridized carbons (Fsp3) is 0.345. The van der Waals surface area contributed by atoms with E-state index in [0.29, 0.717) is 5.57 Å². The van der Waals surface area contributed by atoms with Crippen molar-refractivity contribution in [3.05, 3.63) is 67.8 Å². The molecule has 7 heteroatoms. The predicted molar refractivity (Wildman–Crippen MR) is 154 cm³/mol. The maximum Gasteiger partial charge on any atom is 0.336 e. The lowest BCUT2D eigenvalue weighted by atomic mass is 9.97. The van der Waals surface area contributed by atoms with E-state index in [0.717, 1.165) is 53.2 Å². The average Bonchev–Trinajstić information content (AvgIpc) is 3.62. The molecule has 36 heavy (non-hydrogen) atoms. The highest BCUT2D eigenvalue weighted by molar-refractivity contribution is 7.27. The molecule has 0 aliphatic carbocycles. The molecule has 0 aliphatic rings. The number of rotatable bonds is 11. The lowest BCUT2D eigenvalue weighted by Crippen LogP contribution is -2.00. The van der Waals surface area contributed by atoms with Gasteiger partial charge in [-0.05, 0) is 80.2 Å². The zero-order chi connectivity index (χ0) is 26.1. The quantitative estimate of drug-likeness (QED) is 0.107. The highest BCUT2D eigenvalue weighted by Crippen LogP contribution is 2.47. The average molecular weight is 535 g/mol. The number of thiophene rings is 3. The molecule has 3 heterocycles. The molecule has 0 radical (unpaired) electrons. The van der Waals surface area contributed by atoms with Crippen LogP contribution >= 0.6 is 34.0 Å². The molecule has 0 atom stereocenters. The van der Waals surface area contributed by atoms with E-state index >= 15 is 0 Å². The monoisotopic (exact) mass is 534 g/mol.